The maximum Gasteiger partial charge on any atom is 0.259 e. The molecule has 3 aliphatic carbocycles. The Labute approximate surface area is 175 Å². The first-order valence-electron chi connectivity index (χ1n) is 11.4. The van der Waals surface area contributed by atoms with Crippen LogP contribution in [0, 0.1) is 24.7 Å². The molecule has 1 amide bonds. The Balaban J connectivity index is 1.20. The van der Waals surface area contributed by atoms with Gasteiger partial charge in [0.15, 0.2) is 0 Å². The van der Waals surface area contributed by atoms with Crippen molar-refractivity contribution in [3.8, 4) is 0 Å². The van der Waals surface area contributed by atoms with Crippen LogP contribution in [0.4, 0.5) is 0 Å². The van der Waals surface area contributed by atoms with Crippen molar-refractivity contribution in [2.24, 2.45) is 17.8 Å². The fourth-order valence-corrected chi connectivity index (χ4v) is 5.25. The number of aryl methyl sites for hydroxylation is 1. The van der Waals surface area contributed by atoms with Crippen molar-refractivity contribution in [3.05, 3.63) is 29.4 Å². The highest BCUT2D eigenvalue weighted by Crippen LogP contribution is 2.44. The van der Waals surface area contributed by atoms with E-state index in [2.05, 4.69) is 26.3 Å². The van der Waals surface area contributed by atoms with E-state index in [0.717, 1.165) is 44.1 Å². The lowest BCUT2D eigenvalue weighted by Crippen LogP contribution is -2.38. The fourth-order valence-electron chi connectivity index (χ4n) is 5.25. The minimum absolute atomic E-state index is 0.0342. The Kier molecular flexibility index (Phi) is 4.44. The molecular weight excluding hydrogens is 382 g/mol. The van der Waals surface area contributed by atoms with Crippen LogP contribution >= 0.6 is 0 Å². The number of carbonyl (C=O) groups excluding carboxylic acids is 1. The molecule has 4 fully saturated rings. The normalized spacial score (nSPS) is 31.2. The zero-order valence-corrected chi connectivity index (χ0v) is 17.4. The number of hydrogen-bond acceptors (Lipinski definition) is 6. The molecule has 2 aromatic rings. The van der Waals surface area contributed by atoms with Crippen LogP contribution in [0.5, 0.6) is 0 Å². The molecule has 0 aromatic carbocycles. The summed E-state index contributed by atoms with van der Waals surface area (Å²) in [6.07, 6.45) is 10.8. The smallest absolute Gasteiger partial charge is 0.259 e. The van der Waals surface area contributed by atoms with Gasteiger partial charge in [0, 0.05) is 31.8 Å². The summed E-state index contributed by atoms with van der Waals surface area (Å²) in [4.78, 5) is 15.0. The summed E-state index contributed by atoms with van der Waals surface area (Å²) in [7, 11) is 0. The second kappa shape index (κ2) is 7.18. The lowest BCUT2D eigenvalue weighted by Gasteiger charge is -2.37. The largest absolute Gasteiger partial charge is 0.376 e. The number of aromatic nitrogens is 4. The molecule has 0 unspecified atom stereocenters. The van der Waals surface area contributed by atoms with Crippen LogP contribution in [-0.4, -0.2) is 56.8 Å². The molecule has 0 radical (unpaired) electrons. The average molecular weight is 412 g/mol. The van der Waals surface area contributed by atoms with Gasteiger partial charge in [-0.05, 0) is 63.2 Å². The molecule has 160 valence electrons. The highest BCUT2D eigenvalue weighted by molar-refractivity contribution is 5.95. The molecule has 3 heterocycles. The van der Waals surface area contributed by atoms with Crippen molar-refractivity contribution in [2.75, 3.05) is 19.7 Å². The third-order valence-corrected chi connectivity index (χ3v) is 7.46. The lowest BCUT2D eigenvalue weighted by molar-refractivity contribution is -0.0375. The van der Waals surface area contributed by atoms with E-state index >= 15 is 0 Å². The first-order valence-corrected chi connectivity index (χ1v) is 11.4. The highest BCUT2D eigenvalue weighted by atomic mass is 16.5. The maximum atomic E-state index is 13.0. The zero-order valence-electron chi connectivity index (χ0n) is 17.4. The Hall–Kier alpha value is -2.22. The number of likely N-dealkylation sites (tertiary alicyclic amines) is 1. The van der Waals surface area contributed by atoms with Gasteiger partial charge in [0.05, 0.1) is 24.0 Å². The van der Waals surface area contributed by atoms with Crippen molar-refractivity contribution in [1.82, 2.24) is 25.1 Å². The van der Waals surface area contributed by atoms with Gasteiger partial charge in [-0.2, -0.15) is 0 Å². The second-order valence-corrected chi connectivity index (χ2v) is 9.78. The van der Waals surface area contributed by atoms with Gasteiger partial charge in [0.2, 0.25) is 0 Å². The first-order chi connectivity index (χ1) is 14.7. The molecule has 0 bridgehead atoms. The van der Waals surface area contributed by atoms with Gasteiger partial charge in [-0.15, -0.1) is 5.10 Å². The summed E-state index contributed by atoms with van der Waals surface area (Å²) in [5.41, 5.74) is 1.71. The number of carbonyl (C=O) groups is 1. The van der Waals surface area contributed by atoms with Gasteiger partial charge in [0.25, 0.3) is 5.91 Å². The monoisotopic (exact) mass is 411 g/mol. The standard InChI is InChI=1S/C22H29N5O3/c1-13-18(8-23-30-13)22(28)26-9-16-6-20(27-11-19(24-25-27)15-4-5-15)21(7-17(16)10-26)29-12-14-2-3-14/h8,11,14-17,20-21H,2-7,9-10,12H2,1H3/t16-,17+,20-,21-/m1/s1. The molecule has 1 saturated heterocycles. The molecule has 6 rings (SSSR count). The topological polar surface area (TPSA) is 86.3 Å². The number of amides is 1. The minimum Gasteiger partial charge on any atom is -0.376 e. The molecule has 8 nitrogen and oxygen atoms in total. The number of ether oxygens (including phenoxy) is 1. The number of rotatable bonds is 6. The van der Waals surface area contributed by atoms with Gasteiger partial charge >= 0.3 is 0 Å². The molecule has 1 aliphatic heterocycles. The second-order valence-electron chi connectivity index (χ2n) is 9.78. The Morgan fingerprint density at radius 2 is 2.00 bits per heavy atom. The minimum atomic E-state index is 0.0342. The molecule has 3 saturated carbocycles. The van der Waals surface area contributed by atoms with Crippen LogP contribution in [-0.2, 0) is 4.74 Å². The quantitative estimate of drug-likeness (QED) is 0.726. The van der Waals surface area contributed by atoms with Crippen LogP contribution in [0.25, 0.3) is 0 Å². The van der Waals surface area contributed by atoms with Crippen molar-refractivity contribution < 1.29 is 14.1 Å². The summed E-state index contributed by atoms with van der Waals surface area (Å²) >= 11 is 0. The van der Waals surface area contributed by atoms with Crippen molar-refractivity contribution >= 4 is 5.91 Å². The van der Waals surface area contributed by atoms with E-state index in [4.69, 9.17) is 9.26 Å². The summed E-state index contributed by atoms with van der Waals surface area (Å²) in [5.74, 6) is 2.90. The van der Waals surface area contributed by atoms with E-state index in [1.54, 1.807) is 13.1 Å². The number of hydrogen-bond donors (Lipinski definition) is 0. The summed E-state index contributed by atoms with van der Waals surface area (Å²) in [5, 5.41) is 12.7. The predicted molar refractivity (Wildman–Crippen MR) is 107 cm³/mol. The average Bonchev–Trinajstić information content (AvgIpc) is 3.63. The van der Waals surface area contributed by atoms with E-state index in [1.807, 2.05) is 4.90 Å². The third kappa shape index (κ3) is 3.45. The number of fused-ring (bicyclic) bond motifs is 1. The molecular formula is C22H29N5O3. The summed E-state index contributed by atoms with van der Waals surface area (Å²) in [6.45, 7) is 4.22. The van der Waals surface area contributed by atoms with Crippen molar-refractivity contribution in [2.45, 2.75) is 63.5 Å². The van der Waals surface area contributed by atoms with Crippen molar-refractivity contribution in [3.63, 3.8) is 0 Å². The predicted octanol–water partition coefficient (Wildman–Crippen LogP) is 2.97. The SMILES string of the molecule is Cc1oncc1C(=O)N1C[C@H]2C[C@@H](n3cc(C4CC4)nn3)[C@H](OCC3CC3)C[C@H]2C1. The van der Waals surface area contributed by atoms with Gasteiger partial charge < -0.3 is 14.2 Å². The van der Waals surface area contributed by atoms with E-state index in [9.17, 15) is 4.79 Å². The Morgan fingerprint density at radius 1 is 1.20 bits per heavy atom. The van der Waals surface area contributed by atoms with Crippen LogP contribution < -0.4 is 0 Å². The molecule has 2 aromatic heterocycles. The van der Waals surface area contributed by atoms with Crippen LogP contribution in [0.15, 0.2) is 16.9 Å². The summed E-state index contributed by atoms with van der Waals surface area (Å²) < 4.78 is 13.6. The van der Waals surface area contributed by atoms with Gasteiger partial charge in [-0.3, -0.25) is 4.79 Å². The Bertz CT molecular complexity index is 931. The van der Waals surface area contributed by atoms with E-state index < -0.39 is 0 Å². The zero-order chi connectivity index (χ0) is 20.2. The van der Waals surface area contributed by atoms with Crippen molar-refractivity contribution in [1.29, 1.82) is 0 Å². The lowest BCUT2D eigenvalue weighted by atomic mass is 9.77. The maximum absolute atomic E-state index is 13.0. The molecule has 4 aliphatic rings. The third-order valence-electron chi connectivity index (χ3n) is 7.46. The van der Waals surface area contributed by atoms with Crippen LogP contribution in [0.2, 0.25) is 0 Å². The molecule has 0 N–H and O–H groups in total. The van der Waals surface area contributed by atoms with Gasteiger partial charge in [-0.1, -0.05) is 10.4 Å². The van der Waals surface area contributed by atoms with Gasteiger partial charge in [-0.25, -0.2) is 4.68 Å². The van der Waals surface area contributed by atoms with Crippen LogP contribution in [0.1, 0.15) is 72.3 Å². The summed E-state index contributed by atoms with van der Waals surface area (Å²) in [6, 6.07) is 0.206. The van der Waals surface area contributed by atoms with E-state index in [1.165, 1.54) is 25.7 Å². The van der Waals surface area contributed by atoms with Gasteiger partial charge in [0.1, 0.15) is 11.3 Å². The fraction of sp³-hybridized carbons (Fsp3) is 0.727. The molecule has 0 spiro atoms. The molecule has 8 heteroatoms. The number of nitrogens with zero attached hydrogens (tertiary/aromatic N) is 5. The highest BCUT2D eigenvalue weighted by Gasteiger charge is 2.46. The Morgan fingerprint density at radius 3 is 2.70 bits per heavy atom. The molecule has 30 heavy (non-hydrogen) atoms. The van der Waals surface area contributed by atoms with E-state index in [-0.39, 0.29) is 18.1 Å². The molecule has 4 atom stereocenters. The first kappa shape index (κ1) is 18.5. The van der Waals surface area contributed by atoms with Crippen LogP contribution in [0.3, 0.4) is 0 Å². The van der Waals surface area contributed by atoms with E-state index in [0.29, 0.717) is 29.1 Å².